The molecule has 2 amide bonds. The SMILES string of the molecule is Cc1ccc(N2CC(C(=O)Nc3ccc(S(=O)(=O)N4CCCc5ccccc54)cc3)CC2=O)cc1C. The van der Waals surface area contributed by atoms with Crippen molar-refractivity contribution in [2.24, 2.45) is 5.92 Å². The van der Waals surface area contributed by atoms with Gasteiger partial charge in [-0.3, -0.25) is 13.9 Å². The lowest BCUT2D eigenvalue weighted by Gasteiger charge is -2.30. The van der Waals surface area contributed by atoms with Crippen LogP contribution in [0.5, 0.6) is 0 Å². The number of carbonyl (C=O) groups excluding carboxylic acids is 2. The first-order valence-corrected chi connectivity index (χ1v) is 13.6. The van der Waals surface area contributed by atoms with Gasteiger partial charge in [-0.05, 0) is 85.8 Å². The van der Waals surface area contributed by atoms with E-state index in [0.29, 0.717) is 18.8 Å². The molecule has 1 unspecified atom stereocenters. The van der Waals surface area contributed by atoms with E-state index in [1.165, 1.54) is 16.4 Å². The number of anilines is 3. The monoisotopic (exact) mass is 503 g/mol. The van der Waals surface area contributed by atoms with Gasteiger partial charge in [-0.2, -0.15) is 0 Å². The molecular weight excluding hydrogens is 474 g/mol. The molecule has 1 N–H and O–H groups in total. The maximum Gasteiger partial charge on any atom is 0.264 e. The van der Waals surface area contributed by atoms with Crippen LogP contribution in [-0.4, -0.2) is 33.3 Å². The smallest absolute Gasteiger partial charge is 0.264 e. The van der Waals surface area contributed by atoms with Gasteiger partial charge in [0.15, 0.2) is 0 Å². The fraction of sp³-hybridized carbons (Fsp3) is 0.286. The lowest BCUT2D eigenvalue weighted by Crippen LogP contribution is -2.35. The predicted molar refractivity (Wildman–Crippen MR) is 141 cm³/mol. The van der Waals surface area contributed by atoms with Gasteiger partial charge in [0.1, 0.15) is 0 Å². The van der Waals surface area contributed by atoms with Gasteiger partial charge in [-0.25, -0.2) is 8.42 Å². The first-order valence-electron chi connectivity index (χ1n) is 12.1. The van der Waals surface area contributed by atoms with Crippen LogP contribution in [0, 0.1) is 19.8 Å². The Morgan fingerprint density at radius 1 is 0.972 bits per heavy atom. The number of fused-ring (bicyclic) bond motifs is 1. The molecule has 1 fully saturated rings. The van der Waals surface area contributed by atoms with Crippen LogP contribution in [0.15, 0.2) is 71.6 Å². The molecule has 0 spiro atoms. The van der Waals surface area contributed by atoms with Gasteiger partial charge >= 0.3 is 0 Å². The quantitative estimate of drug-likeness (QED) is 0.558. The topological polar surface area (TPSA) is 86.8 Å². The summed E-state index contributed by atoms with van der Waals surface area (Å²) in [5.74, 6) is -0.815. The molecule has 186 valence electrons. The van der Waals surface area contributed by atoms with Crippen LogP contribution in [0.3, 0.4) is 0 Å². The molecule has 2 heterocycles. The zero-order valence-electron chi connectivity index (χ0n) is 20.4. The first-order chi connectivity index (χ1) is 17.2. The highest BCUT2D eigenvalue weighted by atomic mass is 32.2. The van der Waals surface area contributed by atoms with Crippen molar-refractivity contribution in [3.63, 3.8) is 0 Å². The molecule has 7 nitrogen and oxygen atoms in total. The number of carbonyl (C=O) groups is 2. The molecule has 2 aliphatic heterocycles. The van der Waals surface area contributed by atoms with E-state index in [2.05, 4.69) is 5.32 Å². The minimum absolute atomic E-state index is 0.0818. The highest BCUT2D eigenvalue weighted by Gasteiger charge is 2.35. The summed E-state index contributed by atoms with van der Waals surface area (Å²) in [5.41, 5.74) is 5.28. The van der Waals surface area contributed by atoms with Crippen LogP contribution in [0.25, 0.3) is 0 Å². The molecule has 0 bridgehead atoms. The summed E-state index contributed by atoms with van der Waals surface area (Å²) in [4.78, 5) is 27.3. The van der Waals surface area contributed by atoms with Crippen molar-refractivity contribution >= 4 is 38.9 Å². The predicted octanol–water partition coefficient (Wildman–Crippen LogP) is 4.44. The minimum atomic E-state index is -3.72. The number of amides is 2. The van der Waals surface area contributed by atoms with Crippen molar-refractivity contribution in [1.29, 1.82) is 0 Å². The number of aryl methyl sites for hydroxylation is 3. The highest BCUT2D eigenvalue weighted by molar-refractivity contribution is 7.92. The van der Waals surface area contributed by atoms with Gasteiger partial charge in [0, 0.05) is 30.9 Å². The van der Waals surface area contributed by atoms with E-state index in [9.17, 15) is 18.0 Å². The number of rotatable bonds is 5. The van der Waals surface area contributed by atoms with Crippen molar-refractivity contribution in [3.8, 4) is 0 Å². The van der Waals surface area contributed by atoms with Crippen molar-refractivity contribution in [2.75, 3.05) is 27.6 Å². The van der Waals surface area contributed by atoms with Crippen molar-refractivity contribution in [3.05, 3.63) is 83.4 Å². The third-order valence-corrected chi connectivity index (χ3v) is 8.90. The van der Waals surface area contributed by atoms with E-state index in [1.807, 2.05) is 56.3 Å². The number of nitrogens with one attached hydrogen (secondary N) is 1. The van der Waals surface area contributed by atoms with Crippen molar-refractivity contribution in [1.82, 2.24) is 0 Å². The second-order valence-electron chi connectivity index (χ2n) is 9.50. The van der Waals surface area contributed by atoms with Crippen LogP contribution in [-0.2, 0) is 26.0 Å². The Hall–Kier alpha value is -3.65. The van der Waals surface area contributed by atoms with Gasteiger partial charge in [-0.1, -0.05) is 24.3 Å². The zero-order valence-corrected chi connectivity index (χ0v) is 21.2. The lowest BCUT2D eigenvalue weighted by molar-refractivity contribution is -0.122. The average molecular weight is 504 g/mol. The van der Waals surface area contributed by atoms with Crippen LogP contribution in [0.1, 0.15) is 29.5 Å². The Morgan fingerprint density at radius 2 is 1.72 bits per heavy atom. The van der Waals surface area contributed by atoms with Crippen LogP contribution < -0.4 is 14.5 Å². The average Bonchev–Trinajstić information content (AvgIpc) is 3.27. The van der Waals surface area contributed by atoms with E-state index < -0.39 is 15.9 Å². The van der Waals surface area contributed by atoms with Gasteiger partial charge in [0.2, 0.25) is 11.8 Å². The molecule has 0 radical (unpaired) electrons. The summed E-state index contributed by atoms with van der Waals surface area (Å²) < 4.78 is 28.1. The summed E-state index contributed by atoms with van der Waals surface area (Å²) in [6.45, 7) is 4.76. The molecule has 5 rings (SSSR count). The summed E-state index contributed by atoms with van der Waals surface area (Å²) in [5, 5.41) is 2.84. The van der Waals surface area contributed by atoms with Gasteiger partial charge < -0.3 is 10.2 Å². The fourth-order valence-electron chi connectivity index (χ4n) is 4.86. The Kier molecular flexibility index (Phi) is 6.30. The molecule has 8 heteroatoms. The summed E-state index contributed by atoms with van der Waals surface area (Å²) in [6.07, 6.45) is 1.76. The minimum Gasteiger partial charge on any atom is -0.326 e. The second-order valence-corrected chi connectivity index (χ2v) is 11.4. The molecule has 0 aromatic heterocycles. The van der Waals surface area contributed by atoms with Crippen LogP contribution >= 0.6 is 0 Å². The first kappa shape index (κ1) is 24.1. The third-order valence-electron chi connectivity index (χ3n) is 7.08. The number of benzene rings is 3. The molecule has 1 saturated heterocycles. The van der Waals surface area contributed by atoms with Gasteiger partial charge in [0.25, 0.3) is 10.0 Å². The normalized spacial score (nSPS) is 17.7. The third kappa shape index (κ3) is 4.48. The number of para-hydroxylation sites is 1. The van der Waals surface area contributed by atoms with E-state index >= 15 is 0 Å². The van der Waals surface area contributed by atoms with Gasteiger partial charge in [-0.15, -0.1) is 0 Å². The largest absolute Gasteiger partial charge is 0.326 e. The Bertz CT molecular complexity index is 1430. The molecule has 2 aliphatic rings. The number of hydrogen-bond donors (Lipinski definition) is 1. The summed E-state index contributed by atoms with van der Waals surface area (Å²) >= 11 is 0. The molecule has 36 heavy (non-hydrogen) atoms. The molecule has 3 aromatic rings. The van der Waals surface area contributed by atoms with Crippen molar-refractivity contribution < 1.29 is 18.0 Å². The fourth-order valence-corrected chi connectivity index (χ4v) is 6.40. The maximum absolute atomic E-state index is 13.3. The standard InChI is InChI=1S/C28H29N3O4S/c1-19-9-12-24(16-20(19)2)30-18-22(17-27(30)32)28(33)29-23-10-13-25(14-11-23)36(34,35)31-15-5-7-21-6-3-4-8-26(21)31/h3-4,6,8-14,16,22H,5,7,15,17-18H2,1-2H3,(H,29,33). The zero-order chi connectivity index (χ0) is 25.4. The molecule has 1 atom stereocenters. The van der Waals surface area contributed by atoms with E-state index in [1.54, 1.807) is 17.0 Å². The van der Waals surface area contributed by atoms with Crippen LogP contribution in [0.2, 0.25) is 0 Å². The Labute approximate surface area is 211 Å². The van der Waals surface area contributed by atoms with Gasteiger partial charge in [0.05, 0.1) is 16.5 Å². The van der Waals surface area contributed by atoms with Crippen molar-refractivity contribution in [2.45, 2.75) is 38.0 Å². The summed E-state index contributed by atoms with van der Waals surface area (Å²) in [7, 11) is -3.72. The lowest BCUT2D eigenvalue weighted by atomic mass is 10.0. The van der Waals surface area contributed by atoms with E-state index in [0.717, 1.165) is 40.9 Å². The second kappa shape index (κ2) is 9.43. The maximum atomic E-state index is 13.3. The molecular formula is C28H29N3O4S. The molecule has 0 aliphatic carbocycles. The van der Waals surface area contributed by atoms with E-state index in [-0.39, 0.29) is 23.1 Å². The summed E-state index contributed by atoms with van der Waals surface area (Å²) in [6, 6.07) is 19.6. The highest BCUT2D eigenvalue weighted by Crippen LogP contribution is 2.32. The number of sulfonamides is 1. The van der Waals surface area contributed by atoms with E-state index in [4.69, 9.17) is 0 Å². The molecule has 3 aromatic carbocycles. The number of hydrogen-bond acceptors (Lipinski definition) is 4. The Balaban J connectivity index is 1.27. The van der Waals surface area contributed by atoms with Crippen LogP contribution in [0.4, 0.5) is 17.1 Å². The molecule has 0 saturated carbocycles. The Morgan fingerprint density at radius 3 is 2.47 bits per heavy atom. The number of nitrogens with zero attached hydrogens (tertiary/aromatic N) is 2.